The van der Waals surface area contributed by atoms with Crippen molar-refractivity contribution in [3.05, 3.63) is 59.5 Å². The molecule has 0 atom stereocenters. The van der Waals surface area contributed by atoms with Crippen LogP contribution in [0.2, 0.25) is 0 Å². The number of nitrogens with zero attached hydrogens (tertiary/aromatic N) is 1. The minimum absolute atomic E-state index is 0.364. The van der Waals surface area contributed by atoms with Crippen molar-refractivity contribution >= 4 is 0 Å². The Kier molecular flexibility index (Phi) is 7.98. The van der Waals surface area contributed by atoms with Crippen LogP contribution in [0.5, 0.6) is 0 Å². The molecule has 2 aliphatic carbocycles. The van der Waals surface area contributed by atoms with Crippen LogP contribution < -0.4 is 0 Å². The van der Waals surface area contributed by atoms with Gasteiger partial charge in [-0.25, -0.2) is 8.78 Å². The van der Waals surface area contributed by atoms with Crippen LogP contribution in [0.4, 0.5) is 13.2 Å². The molecule has 3 rings (SSSR count). The fraction of sp³-hybridized carbons (Fsp3) is 0.560. The average Bonchev–Trinajstić information content (AvgIpc) is 2.75. The van der Waals surface area contributed by atoms with Crippen LogP contribution in [-0.4, -0.2) is 0 Å². The predicted molar refractivity (Wildman–Crippen MR) is 110 cm³/mol. The molecule has 0 unspecified atom stereocenters. The second-order valence-corrected chi connectivity index (χ2v) is 8.76. The van der Waals surface area contributed by atoms with Crippen molar-refractivity contribution < 1.29 is 13.2 Å². The van der Waals surface area contributed by atoms with E-state index < -0.39 is 17.5 Å². The van der Waals surface area contributed by atoms with E-state index in [2.05, 4.69) is 0 Å². The third kappa shape index (κ3) is 6.49. The van der Waals surface area contributed by atoms with Crippen LogP contribution in [0.3, 0.4) is 0 Å². The summed E-state index contributed by atoms with van der Waals surface area (Å²) < 4.78 is 39.4. The highest BCUT2D eigenvalue weighted by Gasteiger charge is 2.25. The maximum atomic E-state index is 13.5. The lowest BCUT2D eigenvalue weighted by Gasteiger charge is -2.31. The van der Waals surface area contributed by atoms with Crippen molar-refractivity contribution in [3.63, 3.8) is 0 Å². The summed E-state index contributed by atoms with van der Waals surface area (Å²) in [6.07, 6.45) is 16.7. The second-order valence-electron chi connectivity index (χ2n) is 8.76. The van der Waals surface area contributed by atoms with E-state index in [1.807, 2.05) is 6.08 Å². The second kappa shape index (κ2) is 10.7. The molecule has 156 valence electrons. The number of hydrogen-bond donors (Lipinski definition) is 0. The molecule has 1 aromatic carbocycles. The molecular weight excluding hydrogens is 371 g/mol. The Morgan fingerprint density at radius 3 is 2.14 bits per heavy atom. The quantitative estimate of drug-likeness (QED) is 0.353. The maximum absolute atomic E-state index is 13.5. The highest BCUT2D eigenvalue weighted by Crippen LogP contribution is 2.40. The van der Waals surface area contributed by atoms with Gasteiger partial charge in [-0.05, 0) is 98.8 Å². The molecular formula is C25H30F3N. The summed E-state index contributed by atoms with van der Waals surface area (Å²) >= 11 is 0. The van der Waals surface area contributed by atoms with E-state index in [4.69, 9.17) is 5.26 Å². The van der Waals surface area contributed by atoms with Crippen LogP contribution in [0.1, 0.15) is 75.7 Å². The summed E-state index contributed by atoms with van der Waals surface area (Å²) in [5, 5.41) is 8.41. The molecule has 29 heavy (non-hydrogen) atoms. The van der Waals surface area contributed by atoms with E-state index in [-0.39, 0.29) is 0 Å². The minimum Gasteiger partial charge on any atom is -0.204 e. The zero-order valence-electron chi connectivity index (χ0n) is 16.9. The van der Waals surface area contributed by atoms with Gasteiger partial charge >= 0.3 is 0 Å². The Hall–Kier alpha value is -2.02. The fourth-order valence-corrected chi connectivity index (χ4v) is 5.03. The van der Waals surface area contributed by atoms with Gasteiger partial charge in [0.1, 0.15) is 6.07 Å². The molecule has 0 amide bonds. The molecule has 2 aliphatic rings. The summed E-state index contributed by atoms with van der Waals surface area (Å²) in [7, 11) is 0. The highest BCUT2D eigenvalue weighted by atomic mass is 19.2. The Morgan fingerprint density at radius 1 is 0.931 bits per heavy atom. The van der Waals surface area contributed by atoms with E-state index >= 15 is 0 Å². The summed E-state index contributed by atoms with van der Waals surface area (Å²) in [5.74, 6) is 0.168. The Labute approximate surface area is 172 Å². The molecule has 0 bridgehead atoms. The van der Waals surface area contributed by atoms with Crippen molar-refractivity contribution in [2.45, 2.75) is 70.1 Å². The topological polar surface area (TPSA) is 23.8 Å². The first-order valence-electron chi connectivity index (χ1n) is 10.9. The van der Waals surface area contributed by atoms with Gasteiger partial charge in [0.25, 0.3) is 0 Å². The lowest BCUT2D eigenvalue weighted by molar-refractivity contribution is 0.246. The Bertz CT molecular complexity index is 761. The number of benzene rings is 1. The van der Waals surface area contributed by atoms with E-state index in [1.165, 1.54) is 62.8 Å². The number of hydrogen-bond acceptors (Lipinski definition) is 1. The van der Waals surface area contributed by atoms with Gasteiger partial charge in [0, 0.05) is 0 Å². The van der Waals surface area contributed by atoms with Crippen LogP contribution in [0.25, 0.3) is 0 Å². The molecule has 0 aromatic heterocycles. The van der Waals surface area contributed by atoms with Gasteiger partial charge in [0.05, 0.1) is 0 Å². The van der Waals surface area contributed by atoms with Crippen LogP contribution in [0, 0.1) is 40.7 Å². The van der Waals surface area contributed by atoms with Crippen molar-refractivity contribution in [2.24, 2.45) is 17.8 Å². The molecule has 0 spiro atoms. The molecule has 0 N–H and O–H groups in total. The first kappa shape index (κ1) is 21.7. The van der Waals surface area contributed by atoms with Gasteiger partial charge in [-0.15, -0.1) is 0 Å². The molecule has 0 radical (unpaired) electrons. The monoisotopic (exact) mass is 401 g/mol. The van der Waals surface area contributed by atoms with Crippen molar-refractivity contribution in [2.75, 3.05) is 0 Å². The zero-order valence-corrected chi connectivity index (χ0v) is 16.9. The van der Waals surface area contributed by atoms with Crippen LogP contribution >= 0.6 is 0 Å². The molecule has 0 aliphatic heterocycles. The first-order valence-corrected chi connectivity index (χ1v) is 10.9. The predicted octanol–water partition coefficient (Wildman–Crippen LogP) is 7.76. The molecule has 1 aromatic rings. The molecule has 4 heteroatoms. The standard InChI is InChI=1S/C25H30F3N/c26-23(17-29)3-1-2-18-4-6-19(7-5-18)8-9-20-10-12-21(13-11-20)22-14-15-24(27)25(28)16-22/h1-3,14-16,18-21H,4-13H2/t18-,19-,20-,21-. The van der Waals surface area contributed by atoms with Gasteiger partial charge in [-0.2, -0.15) is 9.65 Å². The average molecular weight is 402 g/mol. The van der Waals surface area contributed by atoms with E-state index in [0.29, 0.717) is 11.8 Å². The third-order valence-electron chi connectivity index (χ3n) is 6.87. The largest absolute Gasteiger partial charge is 0.204 e. The molecule has 0 heterocycles. The van der Waals surface area contributed by atoms with Crippen molar-refractivity contribution in [1.29, 1.82) is 5.26 Å². The number of nitriles is 1. The van der Waals surface area contributed by atoms with Gasteiger partial charge < -0.3 is 0 Å². The van der Waals surface area contributed by atoms with Crippen molar-refractivity contribution in [1.82, 2.24) is 0 Å². The fourth-order valence-electron chi connectivity index (χ4n) is 5.03. The molecule has 0 saturated heterocycles. The number of allylic oxidation sites excluding steroid dienone is 4. The lowest BCUT2D eigenvalue weighted by atomic mass is 9.74. The van der Waals surface area contributed by atoms with Gasteiger partial charge in [-0.3, -0.25) is 0 Å². The number of halogens is 3. The van der Waals surface area contributed by atoms with Gasteiger partial charge in [0.2, 0.25) is 0 Å². The van der Waals surface area contributed by atoms with E-state index in [0.717, 1.165) is 43.1 Å². The Morgan fingerprint density at radius 2 is 1.55 bits per heavy atom. The summed E-state index contributed by atoms with van der Waals surface area (Å²) in [6.45, 7) is 0. The van der Waals surface area contributed by atoms with Gasteiger partial charge in [0.15, 0.2) is 17.5 Å². The Balaban J connectivity index is 1.35. The van der Waals surface area contributed by atoms with E-state index in [1.54, 1.807) is 12.1 Å². The minimum atomic E-state index is -0.765. The SMILES string of the molecule is N#CC(F)=CC=C[C@H]1CC[C@H](CC[C@H]2CC[C@H](c3ccc(F)c(F)c3)CC2)CC1. The van der Waals surface area contributed by atoms with Crippen LogP contribution in [-0.2, 0) is 0 Å². The molecule has 2 fully saturated rings. The lowest BCUT2D eigenvalue weighted by Crippen LogP contribution is -2.17. The normalized spacial score (nSPS) is 28.4. The summed E-state index contributed by atoms with van der Waals surface area (Å²) in [5.41, 5.74) is 0.943. The number of rotatable bonds is 6. The highest BCUT2D eigenvalue weighted by molar-refractivity contribution is 5.22. The zero-order chi connectivity index (χ0) is 20.6. The van der Waals surface area contributed by atoms with Crippen molar-refractivity contribution in [3.8, 4) is 6.07 Å². The summed E-state index contributed by atoms with van der Waals surface area (Å²) in [4.78, 5) is 0. The molecule has 2 saturated carbocycles. The maximum Gasteiger partial charge on any atom is 0.199 e. The first-order chi connectivity index (χ1) is 14.0. The van der Waals surface area contributed by atoms with E-state index in [9.17, 15) is 13.2 Å². The van der Waals surface area contributed by atoms with Crippen LogP contribution in [0.15, 0.2) is 42.3 Å². The van der Waals surface area contributed by atoms with Gasteiger partial charge in [-0.1, -0.05) is 31.1 Å². The molecule has 1 nitrogen and oxygen atoms in total. The summed E-state index contributed by atoms with van der Waals surface area (Å²) in [6, 6.07) is 5.84. The smallest absolute Gasteiger partial charge is 0.199 e. The third-order valence-corrected chi connectivity index (χ3v) is 6.87.